The molecular weight excluding hydrogens is 240 g/mol. The zero-order valence-electron chi connectivity index (χ0n) is 11.1. The van der Waals surface area contributed by atoms with E-state index < -0.39 is 0 Å². The Hall–Kier alpha value is -1.48. The lowest BCUT2D eigenvalue weighted by Gasteiger charge is -2.16. The van der Waals surface area contributed by atoms with Gasteiger partial charge in [0.1, 0.15) is 10.7 Å². The van der Waals surface area contributed by atoms with Gasteiger partial charge in [-0.3, -0.25) is 0 Å². The van der Waals surface area contributed by atoms with Gasteiger partial charge in [0.2, 0.25) is 0 Å². The smallest absolute Gasteiger partial charge is 0.135 e. The molecule has 0 saturated heterocycles. The van der Waals surface area contributed by atoms with E-state index in [0.29, 0.717) is 0 Å². The largest absolute Gasteiger partial charge is 0.237 e. The molecule has 0 unspecified atom stereocenters. The molecule has 0 aliphatic carbocycles. The number of rotatable bonds is 0. The van der Waals surface area contributed by atoms with Crippen LogP contribution in [0.4, 0.5) is 0 Å². The number of hydrogen-bond acceptors (Lipinski definition) is 3. The lowest BCUT2D eigenvalue weighted by atomic mass is 9.95. The average molecular weight is 256 g/mol. The third-order valence-electron chi connectivity index (χ3n) is 3.09. The van der Waals surface area contributed by atoms with Crippen LogP contribution in [-0.2, 0) is 5.41 Å². The Kier molecular flexibility index (Phi) is 2.42. The van der Waals surface area contributed by atoms with Gasteiger partial charge in [-0.15, -0.1) is 11.3 Å². The fraction of sp³-hybridized carbons (Fsp3) is 0.333. The van der Waals surface area contributed by atoms with Gasteiger partial charge in [-0.25, -0.2) is 9.97 Å². The minimum Gasteiger partial charge on any atom is -0.237 e. The van der Waals surface area contributed by atoms with Crippen LogP contribution in [0, 0.1) is 6.92 Å². The molecule has 3 heteroatoms. The highest BCUT2D eigenvalue weighted by atomic mass is 32.1. The quantitative estimate of drug-likeness (QED) is 0.594. The average Bonchev–Trinajstić information content (AvgIpc) is 2.66. The van der Waals surface area contributed by atoms with E-state index in [0.717, 1.165) is 16.3 Å². The van der Waals surface area contributed by atoms with Crippen molar-refractivity contribution in [3.8, 4) is 0 Å². The second-order valence-corrected chi connectivity index (χ2v) is 6.69. The predicted molar refractivity (Wildman–Crippen MR) is 78.4 cm³/mol. The highest BCUT2D eigenvalue weighted by molar-refractivity contribution is 7.25. The van der Waals surface area contributed by atoms with E-state index in [1.807, 2.05) is 0 Å². The standard InChI is InChI=1S/C15H16N2S/c1-9-12-10-7-5-6-8-11(10)18-13(12)17-14(16-9)15(2,3)4/h5-8H,1-4H3. The first-order valence-electron chi connectivity index (χ1n) is 6.13. The number of fused-ring (bicyclic) bond motifs is 3. The van der Waals surface area contributed by atoms with Gasteiger partial charge >= 0.3 is 0 Å². The van der Waals surface area contributed by atoms with E-state index in [4.69, 9.17) is 9.97 Å². The first-order chi connectivity index (χ1) is 8.47. The zero-order valence-corrected chi connectivity index (χ0v) is 11.9. The summed E-state index contributed by atoms with van der Waals surface area (Å²) in [4.78, 5) is 10.5. The van der Waals surface area contributed by atoms with E-state index >= 15 is 0 Å². The predicted octanol–water partition coefficient (Wildman–Crippen LogP) is 4.45. The number of benzene rings is 1. The second-order valence-electron chi connectivity index (χ2n) is 5.66. The Bertz CT molecular complexity index is 735. The van der Waals surface area contributed by atoms with Crippen molar-refractivity contribution < 1.29 is 0 Å². The summed E-state index contributed by atoms with van der Waals surface area (Å²) in [6.45, 7) is 8.54. The van der Waals surface area contributed by atoms with Gasteiger partial charge in [0.05, 0.1) is 5.69 Å². The fourth-order valence-corrected chi connectivity index (χ4v) is 3.26. The first kappa shape index (κ1) is 11.6. The fourth-order valence-electron chi connectivity index (χ4n) is 2.13. The minimum atomic E-state index is -0.00484. The van der Waals surface area contributed by atoms with Gasteiger partial charge in [-0.1, -0.05) is 39.0 Å². The molecule has 0 atom stereocenters. The van der Waals surface area contributed by atoms with Crippen molar-refractivity contribution in [2.45, 2.75) is 33.1 Å². The topological polar surface area (TPSA) is 25.8 Å². The first-order valence-corrected chi connectivity index (χ1v) is 6.95. The molecule has 0 saturated carbocycles. The van der Waals surface area contributed by atoms with E-state index in [9.17, 15) is 0 Å². The highest BCUT2D eigenvalue weighted by Gasteiger charge is 2.20. The second kappa shape index (κ2) is 3.75. The van der Waals surface area contributed by atoms with Crippen LogP contribution in [0.1, 0.15) is 32.3 Å². The normalized spacial score (nSPS) is 12.4. The van der Waals surface area contributed by atoms with Crippen molar-refractivity contribution in [1.29, 1.82) is 0 Å². The molecule has 2 heterocycles. The third-order valence-corrected chi connectivity index (χ3v) is 4.16. The lowest BCUT2D eigenvalue weighted by Crippen LogP contribution is -2.16. The molecule has 2 nitrogen and oxygen atoms in total. The molecule has 92 valence electrons. The maximum Gasteiger partial charge on any atom is 0.135 e. The SMILES string of the molecule is Cc1nc(C(C)(C)C)nc2sc3ccccc3c12. The molecule has 2 aromatic heterocycles. The van der Waals surface area contributed by atoms with Crippen LogP contribution in [0.25, 0.3) is 20.3 Å². The molecular formula is C15H16N2S. The number of thiophene rings is 1. The van der Waals surface area contributed by atoms with Gasteiger partial charge in [0.15, 0.2) is 0 Å². The Labute approximate surface area is 111 Å². The van der Waals surface area contributed by atoms with E-state index in [2.05, 4.69) is 52.0 Å². The molecule has 0 amide bonds. The van der Waals surface area contributed by atoms with Crippen LogP contribution in [0.3, 0.4) is 0 Å². The molecule has 0 fully saturated rings. The summed E-state index contributed by atoms with van der Waals surface area (Å²) in [5.74, 6) is 0.930. The van der Waals surface area contributed by atoms with Crippen LogP contribution in [0.2, 0.25) is 0 Å². The van der Waals surface area contributed by atoms with Gasteiger partial charge in [-0.05, 0) is 13.0 Å². The maximum absolute atomic E-state index is 4.75. The Morgan fingerprint density at radius 3 is 2.50 bits per heavy atom. The molecule has 0 N–H and O–H groups in total. The van der Waals surface area contributed by atoms with Crippen LogP contribution in [0.15, 0.2) is 24.3 Å². The van der Waals surface area contributed by atoms with Gasteiger partial charge in [0.25, 0.3) is 0 Å². The van der Waals surface area contributed by atoms with Crippen LogP contribution >= 0.6 is 11.3 Å². The summed E-state index contributed by atoms with van der Waals surface area (Å²) in [6.07, 6.45) is 0. The molecule has 0 radical (unpaired) electrons. The minimum absolute atomic E-state index is 0.00484. The highest BCUT2D eigenvalue weighted by Crippen LogP contribution is 2.35. The van der Waals surface area contributed by atoms with E-state index in [-0.39, 0.29) is 5.41 Å². The molecule has 0 aliphatic heterocycles. The van der Waals surface area contributed by atoms with Crippen molar-refractivity contribution in [3.63, 3.8) is 0 Å². The Morgan fingerprint density at radius 2 is 1.78 bits per heavy atom. The van der Waals surface area contributed by atoms with Gasteiger partial charge in [-0.2, -0.15) is 0 Å². The van der Waals surface area contributed by atoms with Crippen molar-refractivity contribution >= 4 is 31.6 Å². The van der Waals surface area contributed by atoms with Crippen molar-refractivity contribution in [2.75, 3.05) is 0 Å². The number of hydrogen-bond donors (Lipinski definition) is 0. The number of aryl methyl sites for hydroxylation is 1. The van der Waals surface area contributed by atoms with Gasteiger partial charge in [0, 0.05) is 20.9 Å². The van der Waals surface area contributed by atoms with E-state index in [1.54, 1.807) is 11.3 Å². The summed E-state index contributed by atoms with van der Waals surface area (Å²) in [6, 6.07) is 8.45. The van der Waals surface area contributed by atoms with Crippen LogP contribution in [-0.4, -0.2) is 9.97 Å². The molecule has 3 rings (SSSR count). The molecule has 18 heavy (non-hydrogen) atoms. The molecule has 1 aromatic carbocycles. The van der Waals surface area contributed by atoms with Crippen molar-refractivity contribution in [2.24, 2.45) is 0 Å². The van der Waals surface area contributed by atoms with Crippen LogP contribution in [0.5, 0.6) is 0 Å². The number of aromatic nitrogens is 2. The van der Waals surface area contributed by atoms with E-state index in [1.165, 1.54) is 15.5 Å². The summed E-state index contributed by atoms with van der Waals surface area (Å²) < 4.78 is 1.29. The lowest BCUT2D eigenvalue weighted by molar-refractivity contribution is 0.547. The maximum atomic E-state index is 4.75. The summed E-state index contributed by atoms with van der Waals surface area (Å²) in [5.41, 5.74) is 1.08. The third kappa shape index (κ3) is 1.70. The summed E-state index contributed by atoms with van der Waals surface area (Å²) in [5, 5.41) is 2.49. The molecule has 0 aliphatic rings. The molecule has 0 spiro atoms. The van der Waals surface area contributed by atoms with Crippen molar-refractivity contribution in [1.82, 2.24) is 9.97 Å². The van der Waals surface area contributed by atoms with Crippen molar-refractivity contribution in [3.05, 3.63) is 35.8 Å². The Balaban J connectivity index is 2.42. The summed E-state index contributed by atoms with van der Waals surface area (Å²) >= 11 is 1.75. The summed E-state index contributed by atoms with van der Waals surface area (Å²) in [7, 11) is 0. The van der Waals surface area contributed by atoms with Gasteiger partial charge < -0.3 is 0 Å². The molecule has 0 bridgehead atoms. The monoisotopic (exact) mass is 256 g/mol. The number of nitrogens with zero attached hydrogens (tertiary/aromatic N) is 2. The zero-order chi connectivity index (χ0) is 12.9. The molecule has 3 aromatic rings. The van der Waals surface area contributed by atoms with Crippen LogP contribution < -0.4 is 0 Å². The Morgan fingerprint density at radius 1 is 1.06 bits per heavy atom.